The summed E-state index contributed by atoms with van der Waals surface area (Å²) in [6.07, 6.45) is 8.27. The number of hydrogen-bond acceptors (Lipinski definition) is 5. The molecule has 0 unspecified atom stereocenters. The fraction of sp³-hybridized carbons (Fsp3) is 0.433. The SMILES string of the molecule is CCCCN(CCCC)Cc1c(O)cc(C)c2c1O/C(=C/c1cn(CC)c3ccc(OC)cc13)C2=O. The first-order valence-corrected chi connectivity index (χ1v) is 13.1. The number of carbonyl (C=O) groups excluding carboxylic acids is 1. The summed E-state index contributed by atoms with van der Waals surface area (Å²) < 4.78 is 13.8. The first-order valence-electron chi connectivity index (χ1n) is 13.1. The zero-order valence-electron chi connectivity index (χ0n) is 22.2. The number of rotatable bonds is 11. The van der Waals surface area contributed by atoms with Gasteiger partial charge < -0.3 is 19.1 Å². The molecule has 1 N–H and O–H groups in total. The summed E-state index contributed by atoms with van der Waals surface area (Å²) in [5.41, 5.74) is 3.95. The highest BCUT2D eigenvalue weighted by Gasteiger charge is 2.34. The largest absolute Gasteiger partial charge is 0.507 e. The molecule has 6 nitrogen and oxygen atoms in total. The highest BCUT2D eigenvalue weighted by atomic mass is 16.5. The van der Waals surface area contributed by atoms with Crippen LogP contribution in [-0.2, 0) is 13.1 Å². The predicted molar refractivity (Wildman–Crippen MR) is 145 cm³/mol. The third kappa shape index (κ3) is 5.00. The fourth-order valence-electron chi connectivity index (χ4n) is 4.94. The van der Waals surface area contributed by atoms with Crippen LogP contribution in [0.2, 0.25) is 0 Å². The quantitative estimate of drug-likeness (QED) is 0.303. The second kappa shape index (κ2) is 11.2. The van der Waals surface area contributed by atoms with Crippen LogP contribution < -0.4 is 9.47 Å². The molecule has 0 saturated carbocycles. The number of hydrogen-bond donors (Lipinski definition) is 1. The molecule has 0 saturated heterocycles. The standard InChI is InChI=1S/C30H38N2O4/c1-6-9-13-31(14-10-7-2)19-24-26(33)15-20(4)28-29(34)27(36-30(24)28)16-21-18-32(8-3)25-12-11-22(35-5)17-23(21)25/h11-12,15-18,33H,6-10,13-14,19H2,1-5H3/b27-16+. The molecule has 0 atom stereocenters. The number of aromatic hydroxyl groups is 1. The van der Waals surface area contributed by atoms with Crippen molar-refractivity contribution in [2.75, 3.05) is 20.2 Å². The lowest BCUT2D eigenvalue weighted by atomic mass is 9.99. The van der Waals surface area contributed by atoms with Crippen LogP contribution in [0.15, 0.2) is 36.2 Å². The minimum Gasteiger partial charge on any atom is -0.507 e. The topological polar surface area (TPSA) is 63.9 Å². The zero-order chi connectivity index (χ0) is 25.8. The number of ketones is 1. The molecule has 192 valence electrons. The van der Waals surface area contributed by atoms with Crippen molar-refractivity contribution < 1.29 is 19.4 Å². The second-order valence-electron chi connectivity index (χ2n) is 9.57. The second-order valence-corrected chi connectivity index (χ2v) is 9.57. The van der Waals surface area contributed by atoms with E-state index in [1.807, 2.05) is 37.4 Å². The van der Waals surface area contributed by atoms with Gasteiger partial charge in [0.15, 0.2) is 5.76 Å². The Kier molecular flexibility index (Phi) is 8.04. The van der Waals surface area contributed by atoms with E-state index in [0.717, 1.165) is 73.1 Å². The van der Waals surface area contributed by atoms with Crippen LogP contribution in [0.25, 0.3) is 17.0 Å². The van der Waals surface area contributed by atoms with Crippen LogP contribution in [0, 0.1) is 6.92 Å². The maximum atomic E-state index is 13.5. The molecule has 2 aromatic carbocycles. The van der Waals surface area contributed by atoms with Crippen LogP contribution in [0.5, 0.6) is 17.2 Å². The van der Waals surface area contributed by atoms with Gasteiger partial charge in [0.2, 0.25) is 5.78 Å². The van der Waals surface area contributed by atoms with Gasteiger partial charge in [-0.05, 0) is 75.7 Å². The summed E-state index contributed by atoms with van der Waals surface area (Å²) in [4.78, 5) is 15.9. The van der Waals surface area contributed by atoms with Crippen molar-refractivity contribution in [3.05, 3.63) is 58.5 Å². The summed E-state index contributed by atoms with van der Waals surface area (Å²) in [5.74, 6) is 1.59. The van der Waals surface area contributed by atoms with E-state index in [2.05, 4.69) is 30.2 Å². The molecule has 1 aliphatic heterocycles. The highest BCUT2D eigenvalue weighted by Crippen LogP contribution is 2.43. The first kappa shape index (κ1) is 25.8. The van der Waals surface area contributed by atoms with Gasteiger partial charge in [-0.3, -0.25) is 9.69 Å². The van der Waals surface area contributed by atoms with E-state index in [-0.39, 0.29) is 17.3 Å². The average molecular weight is 491 g/mol. The summed E-state index contributed by atoms with van der Waals surface area (Å²) in [7, 11) is 1.65. The highest BCUT2D eigenvalue weighted by molar-refractivity contribution is 6.16. The number of nitrogens with zero attached hydrogens (tertiary/aromatic N) is 2. The number of methoxy groups -OCH3 is 1. The van der Waals surface area contributed by atoms with Gasteiger partial charge in [-0.2, -0.15) is 0 Å². The Labute approximate surface area is 214 Å². The third-order valence-electron chi connectivity index (χ3n) is 7.00. The number of unbranched alkanes of at least 4 members (excludes halogenated alkanes) is 2. The van der Waals surface area contributed by atoms with Gasteiger partial charge in [0.25, 0.3) is 0 Å². The van der Waals surface area contributed by atoms with E-state index in [9.17, 15) is 9.90 Å². The molecule has 1 aromatic heterocycles. The van der Waals surface area contributed by atoms with Gasteiger partial charge in [0.1, 0.15) is 17.2 Å². The molecule has 3 aromatic rings. The van der Waals surface area contributed by atoms with Crippen molar-refractivity contribution in [2.45, 2.75) is 66.5 Å². The third-order valence-corrected chi connectivity index (χ3v) is 7.00. The summed E-state index contributed by atoms with van der Waals surface area (Å²) in [5, 5.41) is 11.9. The van der Waals surface area contributed by atoms with Crippen LogP contribution in [0.4, 0.5) is 0 Å². The van der Waals surface area contributed by atoms with Gasteiger partial charge in [-0.15, -0.1) is 0 Å². The molecule has 6 heteroatoms. The Morgan fingerprint density at radius 2 is 1.83 bits per heavy atom. The van der Waals surface area contributed by atoms with E-state index in [1.54, 1.807) is 13.2 Å². The Morgan fingerprint density at radius 1 is 1.11 bits per heavy atom. The van der Waals surface area contributed by atoms with E-state index in [4.69, 9.17) is 9.47 Å². The smallest absolute Gasteiger partial charge is 0.232 e. The predicted octanol–water partition coefficient (Wildman–Crippen LogP) is 6.70. The molecular formula is C30H38N2O4. The van der Waals surface area contributed by atoms with E-state index >= 15 is 0 Å². The maximum Gasteiger partial charge on any atom is 0.232 e. The van der Waals surface area contributed by atoms with Crippen LogP contribution in [0.1, 0.15) is 73.5 Å². The molecule has 0 spiro atoms. The molecule has 0 bridgehead atoms. The molecule has 36 heavy (non-hydrogen) atoms. The van der Waals surface area contributed by atoms with Crippen LogP contribution >= 0.6 is 0 Å². The monoisotopic (exact) mass is 490 g/mol. The van der Waals surface area contributed by atoms with Crippen LogP contribution in [-0.4, -0.2) is 40.6 Å². The maximum absolute atomic E-state index is 13.5. The number of benzene rings is 2. The molecule has 2 heterocycles. The minimum absolute atomic E-state index is 0.141. The van der Waals surface area contributed by atoms with Gasteiger partial charge in [-0.1, -0.05) is 26.7 Å². The van der Waals surface area contributed by atoms with Crippen LogP contribution in [0.3, 0.4) is 0 Å². The number of phenols is 1. The number of aromatic nitrogens is 1. The van der Waals surface area contributed by atoms with E-state index in [1.165, 1.54) is 0 Å². The number of aryl methyl sites for hydroxylation is 2. The zero-order valence-corrected chi connectivity index (χ0v) is 22.2. The van der Waals surface area contributed by atoms with E-state index < -0.39 is 0 Å². The van der Waals surface area contributed by atoms with Crippen molar-refractivity contribution in [2.24, 2.45) is 0 Å². The average Bonchev–Trinajstić information content (AvgIpc) is 3.39. The number of carbonyl (C=O) groups is 1. The van der Waals surface area contributed by atoms with Gasteiger partial charge >= 0.3 is 0 Å². The number of ether oxygens (including phenoxy) is 2. The molecular weight excluding hydrogens is 452 g/mol. The van der Waals surface area contributed by atoms with Gasteiger partial charge in [0, 0.05) is 35.8 Å². The van der Waals surface area contributed by atoms with Gasteiger partial charge in [-0.25, -0.2) is 0 Å². The molecule has 4 rings (SSSR count). The Morgan fingerprint density at radius 3 is 2.47 bits per heavy atom. The van der Waals surface area contributed by atoms with E-state index in [0.29, 0.717) is 23.4 Å². The van der Waals surface area contributed by atoms with Crippen molar-refractivity contribution >= 4 is 22.8 Å². The molecule has 0 radical (unpaired) electrons. The molecule has 0 fully saturated rings. The lowest BCUT2D eigenvalue weighted by molar-refractivity contribution is 0.101. The summed E-state index contributed by atoms with van der Waals surface area (Å²) in [6.45, 7) is 11.6. The summed E-state index contributed by atoms with van der Waals surface area (Å²) in [6, 6.07) is 7.67. The van der Waals surface area contributed by atoms with Crippen molar-refractivity contribution in [3.63, 3.8) is 0 Å². The normalized spacial score (nSPS) is 14.2. The Hall–Kier alpha value is -3.25. The van der Waals surface area contributed by atoms with Gasteiger partial charge in [0.05, 0.1) is 18.2 Å². The Bertz CT molecular complexity index is 1280. The first-order chi connectivity index (χ1) is 17.4. The van der Waals surface area contributed by atoms with Crippen molar-refractivity contribution in [3.8, 4) is 17.2 Å². The summed E-state index contributed by atoms with van der Waals surface area (Å²) >= 11 is 0. The number of phenolic OH excluding ortho intramolecular Hbond substituents is 1. The lowest BCUT2D eigenvalue weighted by Crippen LogP contribution is -2.26. The fourth-order valence-corrected chi connectivity index (χ4v) is 4.94. The molecule has 0 amide bonds. The van der Waals surface area contributed by atoms with Crippen molar-refractivity contribution in [1.82, 2.24) is 9.47 Å². The van der Waals surface area contributed by atoms with Crippen molar-refractivity contribution in [1.29, 1.82) is 0 Å². The number of fused-ring (bicyclic) bond motifs is 2. The lowest BCUT2D eigenvalue weighted by Gasteiger charge is -2.23. The number of allylic oxidation sites excluding steroid dienone is 1. The minimum atomic E-state index is -0.141. The Balaban J connectivity index is 1.74. The molecule has 0 aliphatic carbocycles. The molecule has 1 aliphatic rings. The number of Topliss-reactive ketones (excluding diaryl/α,β-unsaturated/α-hetero) is 1.